The molecule has 150 valence electrons. The molecule has 1 aliphatic heterocycles. The fraction of sp³-hybridized carbons (Fsp3) is 0.318. The molecule has 2 amide bonds. The lowest BCUT2D eigenvalue weighted by atomic mass is 10.2. The van der Waals surface area contributed by atoms with Crippen molar-refractivity contribution in [3.8, 4) is 5.75 Å². The van der Waals surface area contributed by atoms with Crippen LogP contribution in [-0.4, -0.2) is 41.1 Å². The molecule has 1 N–H and O–H groups in total. The predicted octanol–water partition coefficient (Wildman–Crippen LogP) is 2.84. The van der Waals surface area contributed by atoms with Crippen LogP contribution in [0.1, 0.15) is 25.2 Å². The zero-order valence-electron chi connectivity index (χ0n) is 16.8. The summed E-state index contributed by atoms with van der Waals surface area (Å²) in [6.45, 7) is 4.17. The summed E-state index contributed by atoms with van der Waals surface area (Å²) in [6, 6.07) is 14.5. The number of rotatable bonds is 5. The SMILES string of the molecule is COc1ccccc1N1C[C@@H](NC(=O)[C@H](C)n2c(C)nc3ccccc32)CC1=O. The van der Waals surface area contributed by atoms with E-state index in [2.05, 4.69) is 10.3 Å². The van der Waals surface area contributed by atoms with Crippen LogP contribution in [0.3, 0.4) is 0 Å². The molecule has 2 atom stereocenters. The van der Waals surface area contributed by atoms with Gasteiger partial charge in [-0.25, -0.2) is 4.98 Å². The number of imidazole rings is 1. The van der Waals surface area contributed by atoms with Crippen LogP contribution in [0.15, 0.2) is 48.5 Å². The number of ether oxygens (including phenoxy) is 1. The van der Waals surface area contributed by atoms with Gasteiger partial charge < -0.3 is 19.5 Å². The minimum atomic E-state index is -0.433. The van der Waals surface area contributed by atoms with Gasteiger partial charge in [-0.15, -0.1) is 0 Å². The second-order valence-corrected chi connectivity index (χ2v) is 7.28. The van der Waals surface area contributed by atoms with Crippen molar-refractivity contribution in [1.82, 2.24) is 14.9 Å². The van der Waals surface area contributed by atoms with Crippen LogP contribution in [0.2, 0.25) is 0 Å². The zero-order chi connectivity index (χ0) is 20.5. The van der Waals surface area contributed by atoms with E-state index in [0.29, 0.717) is 12.3 Å². The summed E-state index contributed by atoms with van der Waals surface area (Å²) >= 11 is 0. The number of carbonyl (C=O) groups is 2. The number of aromatic nitrogens is 2. The highest BCUT2D eigenvalue weighted by Gasteiger charge is 2.34. The highest BCUT2D eigenvalue weighted by molar-refractivity contribution is 5.98. The summed E-state index contributed by atoms with van der Waals surface area (Å²) in [7, 11) is 1.58. The molecular weight excluding hydrogens is 368 g/mol. The van der Waals surface area contributed by atoms with Crippen LogP contribution in [0.4, 0.5) is 5.69 Å². The van der Waals surface area contributed by atoms with Crippen LogP contribution in [0, 0.1) is 6.92 Å². The van der Waals surface area contributed by atoms with E-state index < -0.39 is 6.04 Å². The maximum atomic E-state index is 13.0. The van der Waals surface area contributed by atoms with Gasteiger partial charge in [0.15, 0.2) is 0 Å². The lowest BCUT2D eigenvalue weighted by Crippen LogP contribution is -2.40. The van der Waals surface area contributed by atoms with E-state index in [4.69, 9.17) is 4.74 Å². The second kappa shape index (κ2) is 7.58. The van der Waals surface area contributed by atoms with E-state index in [9.17, 15) is 9.59 Å². The van der Waals surface area contributed by atoms with E-state index in [-0.39, 0.29) is 24.3 Å². The van der Waals surface area contributed by atoms with E-state index in [1.807, 2.05) is 66.9 Å². The van der Waals surface area contributed by atoms with Crippen molar-refractivity contribution in [2.45, 2.75) is 32.4 Å². The molecule has 1 aromatic heterocycles. The molecule has 0 aliphatic carbocycles. The number of fused-ring (bicyclic) bond motifs is 1. The molecule has 1 aliphatic rings. The van der Waals surface area contributed by atoms with Crippen molar-refractivity contribution >= 4 is 28.5 Å². The van der Waals surface area contributed by atoms with E-state index in [1.165, 1.54) is 0 Å². The molecule has 7 heteroatoms. The topological polar surface area (TPSA) is 76.5 Å². The van der Waals surface area contributed by atoms with Crippen molar-refractivity contribution < 1.29 is 14.3 Å². The molecule has 1 fully saturated rings. The van der Waals surface area contributed by atoms with E-state index >= 15 is 0 Å². The third kappa shape index (κ3) is 3.44. The van der Waals surface area contributed by atoms with Crippen LogP contribution in [-0.2, 0) is 9.59 Å². The summed E-state index contributed by atoms with van der Waals surface area (Å²) < 4.78 is 7.30. The third-order valence-electron chi connectivity index (χ3n) is 5.39. The summed E-state index contributed by atoms with van der Waals surface area (Å²) in [5.41, 5.74) is 2.51. The number of nitrogens with zero attached hydrogens (tertiary/aromatic N) is 3. The maximum Gasteiger partial charge on any atom is 0.243 e. The number of anilines is 1. The molecule has 0 spiro atoms. The smallest absolute Gasteiger partial charge is 0.243 e. The number of para-hydroxylation sites is 4. The number of amides is 2. The molecule has 0 unspecified atom stereocenters. The Morgan fingerprint density at radius 1 is 1.21 bits per heavy atom. The van der Waals surface area contributed by atoms with E-state index in [0.717, 1.165) is 22.5 Å². The Balaban J connectivity index is 1.50. The van der Waals surface area contributed by atoms with Crippen molar-refractivity contribution in [2.24, 2.45) is 0 Å². The molecule has 2 aromatic carbocycles. The maximum absolute atomic E-state index is 13.0. The first kappa shape index (κ1) is 19.0. The first-order valence-corrected chi connectivity index (χ1v) is 9.67. The van der Waals surface area contributed by atoms with Gasteiger partial charge in [-0.05, 0) is 38.1 Å². The molecule has 0 bridgehead atoms. The standard InChI is InChI=1S/C22H24N4O3/c1-14(26-15(2)23-17-8-4-5-9-18(17)26)22(28)24-16-12-21(27)25(13-16)19-10-6-7-11-20(19)29-3/h4-11,14,16H,12-13H2,1-3H3,(H,24,28)/t14-,16-/m0/s1. The molecule has 29 heavy (non-hydrogen) atoms. The number of carbonyl (C=O) groups excluding carboxylic acids is 2. The monoisotopic (exact) mass is 392 g/mol. The van der Waals surface area contributed by atoms with Gasteiger partial charge in [-0.3, -0.25) is 9.59 Å². The largest absolute Gasteiger partial charge is 0.495 e. The number of aryl methyl sites for hydroxylation is 1. The molecule has 0 radical (unpaired) electrons. The lowest BCUT2D eigenvalue weighted by molar-refractivity contribution is -0.124. The van der Waals surface area contributed by atoms with Crippen molar-refractivity contribution in [2.75, 3.05) is 18.6 Å². The molecular formula is C22H24N4O3. The minimum Gasteiger partial charge on any atom is -0.495 e. The minimum absolute atomic E-state index is 0.0308. The normalized spacial score (nSPS) is 17.6. The second-order valence-electron chi connectivity index (χ2n) is 7.28. The first-order chi connectivity index (χ1) is 14.0. The zero-order valence-corrected chi connectivity index (χ0v) is 16.8. The highest BCUT2D eigenvalue weighted by Crippen LogP contribution is 2.31. The first-order valence-electron chi connectivity index (χ1n) is 9.67. The van der Waals surface area contributed by atoms with Crippen molar-refractivity contribution in [3.05, 3.63) is 54.4 Å². The molecule has 1 saturated heterocycles. The lowest BCUT2D eigenvalue weighted by Gasteiger charge is -2.21. The van der Waals surface area contributed by atoms with E-state index in [1.54, 1.807) is 12.0 Å². The van der Waals surface area contributed by atoms with Gasteiger partial charge in [0.1, 0.15) is 17.6 Å². The Kier molecular flexibility index (Phi) is 4.96. The predicted molar refractivity (Wildman–Crippen MR) is 111 cm³/mol. The number of nitrogens with one attached hydrogen (secondary N) is 1. The molecule has 4 rings (SSSR count). The molecule has 2 heterocycles. The highest BCUT2D eigenvalue weighted by atomic mass is 16.5. The number of methoxy groups -OCH3 is 1. The summed E-state index contributed by atoms with van der Waals surface area (Å²) in [5.74, 6) is 1.27. The Bertz CT molecular complexity index is 1070. The summed E-state index contributed by atoms with van der Waals surface area (Å²) in [5, 5.41) is 3.04. The Hall–Kier alpha value is -3.35. The van der Waals surface area contributed by atoms with Crippen molar-refractivity contribution in [3.63, 3.8) is 0 Å². The van der Waals surface area contributed by atoms with Gasteiger partial charge >= 0.3 is 0 Å². The van der Waals surface area contributed by atoms with Crippen LogP contribution < -0.4 is 15.0 Å². The van der Waals surface area contributed by atoms with Crippen molar-refractivity contribution in [1.29, 1.82) is 0 Å². The molecule has 3 aromatic rings. The van der Waals surface area contributed by atoms with Gasteiger partial charge in [-0.2, -0.15) is 0 Å². The quantitative estimate of drug-likeness (QED) is 0.724. The average molecular weight is 392 g/mol. The van der Waals surface area contributed by atoms with Crippen LogP contribution in [0.25, 0.3) is 11.0 Å². The molecule has 7 nitrogen and oxygen atoms in total. The number of hydrogen-bond donors (Lipinski definition) is 1. The van der Waals surface area contributed by atoms with Gasteiger partial charge in [-0.1, -0.05) is 24.3 Å². The Morgan fingerprint density at radius 2 is 1.93 bits per heavy atom. The number of benzene rings is 2. The number of hydrogen-bond acceptors (Lipinski definition) is 4. The fourth-order valence-electron chi connectivity index (χ4n) is 3.98. The summed E-state index contributed by atoms with van der Waals surface area (Å²) in [6.07, 6.45) is 0.264. The Labute approximate surface area is 169 Å². The molecule has 0 saturated carbocycles. The third-order valence-corrected chi connectivity index (χ3v) is 5.39. The van der Waals surface area contributed by atoms with Crippen LogP contribution in [0.5, 0.6) is 5.75 Å². The average Bonchev–Trinajstić information content (AvgIpc) is 3.25. The van der Waals surface area contributed by atoms with Gasteiger partial charge in [0, 0.05) is 13.0 Å². The fourth-order valence-corrected chi connectivity index (χ4v) is 3.98. The van der Waals surface area contributed by atoms with Gasteiger partial charge in [0.05, 0.1) is 29.9 Å². The van der Waals surface area contributed by atoms with Crippen LogP contribution >= 0.6 is 0 Å². The van der Waals surface area contributed by atoms with Gasteiger partial charge in [0.25, 0.3) is 0 Å². The Morgan fingerprint density at radius 3 is 2.72 bits per heavy atom. The van der Waals surface area contributed by atoms with Gasteiger partial charge in [0.2, 0.25) is 11.8 Å². The summed E-state index contributed by atoms with van der Waals surface area (Å²) in [4.78, 5) is 31.7.